The monoisotopic (exact) mass is 339 g/mol. The molecule has 3 N–H and O–H groups in total. The van der Waals surface area contributed by atoms with Crippen LogP contribution in [0, 0.1) is 6.92 Å². The first kappa shape index (κ1) is 15.1. The summed E-state index contributed by atoms with van der Waals surface area (Å²) in [5, 5.41) is 23.2. The van der Waals surface area contributed by atoms with Gasteiger partial charge in [-0.1, -0.05) is 15.9 Å². The van der Waals surface area contributed by atoms with Gasteiger partial charge in [0.05, 0.1) is 0 Å². The van der Waals surface area contributed by atoms with Crippen LogP contribution in [0.25, 0.3) is 0 Å². The number of aliphatic hydroxyl groups is 1. The molecule has 0 saturated heterocycles. The fourth-order valence-electron chi connectivity index (χ4n) is 1.95. The van der Waals surface area contributed by atoms with Crippen molar-refractivity contribution in [3.8, 4) is 5.75 Å². The zero-order valence-corrected chi connectivity index (χ0v) is 13.1. The molecule has 20 heavy (non-hydrogen) atoms. The summed E-state index contributed by atoms with van der Waals surface area (Å²) in [4.78, 5) is 0. The van der Waals surface area contributed by atoms with Crippen LogP contribution in [-0.4, -0.2) is 16.8 Å². The largest absolute Gasteiger partial charge is 0.508 e. The van der Waals surface area contributed by atoms with Gasteiger partial charge in [0.2, 0.25) is 0 Å². The van der Waals surface area contributed by atoms with Gasteiger partial charge in [-0.05, 0) is 44.2 Å². The molecule has 4 nitrogen and oxygen atoms in total. The smallest absolute Gasteiger partial charge is 0.136 e. The van der Waals surface area contributed by atoms with Crippen molar-refractivity contribution in [2.75, 3.05) is 6.54 Å². The van der Waals surface area contributed by atoms with E-state index >= 15 is 0 Å². The zero-order valence-electron chi connectivity index (χ0n) is 11.5. The second kappa shape index (κ2) is 5.99. The van der Waals surface area contributed by atoms with Gasteiger partial charge in [0.15, 0.2) is 0 Å². The summed E-state index contributed by atoms with van der Waals surface area (Å²) in [6, 6.07) is 8.85. The Kier molecular flexibility index (Phi) is 4.52. The highest BCUT2D eigenvalue weighted by atomic mass is 79.9. The Morgan fingerprint density at radius 3 is 2.70 bits per heavy atom. The van der Waals surface area contributed by atoms with E-state index in [-0.39, 0.29) is 5.75 Å². The number of aromatic hydroxyl groups is 1. The molecule has 1 unspecified atom stereocenters. The molecule has 0 fully saturated rings. The summed E-state index contributed by atoms with van der Waals surface area (Å²) >= 11 is 3.36. The number of nitrogens with one attached hydrogen (secondary N) is 1. The first-order chi connectivity index (χ1) is 9.38. The lowest BCUT2D eigenvalue weighted by molar-refractivity contribution is 0.0332. The molecule has 0 aliphatic rings. The normalized spacial score (nSPS) is 14.2. The van der Waals surface area contributed by atoms with Gasteiger partial charge in [0.1, 0.15) is 22.9 Å². The maximum Gasteiger partial charge on any atom is 0.136 e. The molecule has 1 aromatic heterocycles. The summed E-state index contributed by atoms with van der Waals surface area (Å²) in [5.74, 6) is 1.53. The Balaban J connectivity index is 1.97. The van der Waals surface area contributed by atoms with Gasteiger partial charge in [-0.15, -0.1) is 0 Å². The second-order valence-electron chi connectivity index (χ2n) is 5.06. The summed E-state index contributed by atoms with van der Waals surface area (Å²) in [6.07, 6.45) is 0. The molecule has 0 amide bonds. The molecule has 0 aliphatic carbocycles. The Labute approximate surface area is 126 Å². The van der Waals surface area contributed by atoms with E-state index in [4.69, 9.17) is 4.42 Å². The maximum atomic E-state index is 10.4. The predicted molar refractivity (Wildman–Crippen MR) is 80.5 cm³/mol. The maximum absolute atomic E-state index is 10.4. The average molecular weight is 340 g/mol. The number of phenols is 1. The molecule has 0 saturated carbocycles. The minimum absolute atomic E-state index is 0.231. The van der Waals surface area contributed by atoms with Crippen LogP contribution in [-0.2, 0) is 12.1 Å². The third-order valence-electron chi connectivity index (χ3n) is 3.10. The second-order valence-corrected chi connectivity index (χ2v) is 5.98. The van der Waals surface area contributed by atoms with Gasteiger partial charge in [-0.25, -0.2) is 0 Å². The molecule has 2 rings (SSSR count). The van der Waals surface area contributed by atoms with E-state index in [9.17, 15) is 10.2 Å². The van der Waals surface area contributed by atoms with Crippen LogP contribution in [0.5, 0.6) is 5.75 Å². The molecule has 0 aliphatic heterocycles. The molecule has 1 atom stereocenters. The first-order valence-corrected chi connectivity index (χ1v) is 7.15. The lowest BCUT2D eigenvalue weighted by Crippen LogP contribution is -2.34. The van der Waals surface area contributed by atoms with Crippen molar-refractivity contribution >= 4 is 15.9 Å². The third-order valence-corrected chi connectivity index (χ3v) is 3.59. The number of rotatable bonds is 5. The molecule has 1 heterocycles. The molecule has 5 heteroatoms. The highest BCUT2D eigenvalue weighted by Crippen LogP contribution is 2.24. The van der Waals surface area contributed by atoms with Gasteiger partial charge in [0.25, 0.3) is 0 Å². The number of hydrogen-bond donors (Lipinski definition) is 3. The highest BCUT2D eigenvalue weighted by molar-refractivity contribution is 9.10. The van der Waals surface area contributed by atoms with Crippen LogP contribution in [0.4, 0.5) is 0 Å². The molecule has 0 bridgehead atoms. The van der Waals surface area contributed by atoms with Crippen molar-refractivity contribution < 1.29 is 14.6 Å². The van der Waals surface area contributed by atoms with Crippen LogP contribution < -0.4 is 5.32 Å². The van der Waals surface area contributed by atoms with Crippen LogP contribution >= 0.6 is 15.9 Å². The van der Waals surface area contributed by atoms with Gasteiger partial charge in [-0.3, -0.25) is 0 Å². The molecule has 2 aromatic rings. The van der Waals surface area contributed by atoms with Gasteiger partial charge in [0, 0.05) is 23.1 Å². The molecule has 0 spiro atoms. The molecule has 0 radical (unpaired) electrons. The fraction of sp³-hybridized carbons (Fsp3) is 0.333. The molecular weight excluding hydrogens is 322 g/mol. The molecular formula is C15H18BrNO3. The van der Waals surface area contributed by atoms with E-state index in [1.807, 2.05) is 19.1 Å². The number of phenolic OH excluding ortho intramolecular Hbond substituents is 1. The summed E-state index contributed by atoms with van der Waals surface area (Å²) in [6.45, 7) is 4.32. The van der Waals surface area contributed by atoms with Crippen LogP contribution in [0.2, 0.25) is 0 Å². The van der Waals surface area contributed by atoms with Crippen molar-refractivity contribution in [3.05, 3.63) is 51.9 Å². The van der Waals surface area contributed by atoms with Crippen LogP contribution in [0.1, 0.15) is 24.0 Å². The SMILES string of the molecule is Cc1ccc(C(C)(O)CNCc2cc(Br)ccc2O)o1. The Morgan fingerprint density at radius 1 is 1.30 bits per heavy atom. The van der Waals surface area contributed by atoms with Crippen molar-refractivity contribution in [1.29, 1.82) is 0 Å². The summed E-state index contributed by atoms with van der Waals surface area (Å²) in [7, 11) is 0. The predicted octanol–water partition coefficient (Wildman–Crippen LogP) is 3.05. The van der Waals surface area contributed by atoms with Crippen molar-refractivity contribution in [2.45, 2.75) is 26.0 Å². The number of aryl methyl sites for hydroxylation is 1. The Hall–Kier alpha value is -1.30. The Morgan fingerprint density at radius 2 is 2.05 bits per heavy atom. The molecule has 1 aromatic carbocycles. The standard InChI is InChI=1S/C15H18BrNO3/c1-10-3-6-14(20-10)15(2,19)9-17-8-11-7-12(16)4-5-13(11)18/h3-7,17-19H,8-9H2,1-2H3. The van der Waals surface area contributed by atoms with Gasteiger partial charge >= 0.3 is 0 Å². The highest BCUT2D eigenvalue weighted by Gasteiger charge is 2.26. The molecule has 108 valence electrons. The zero-order chi connectivity index (χ0) is 14.8. The van der Waals surface area contributed by atoms with E-state index in [0.29, 0.717) is 18.8 Å². The van der Waals surface area contributed by atoms with E-state index < -0.39 is 5.60 Å². The fourth-order valence-corrected chi connectivity index (χ4v) is 2.36. The number of hydrogen-bond acceptors (Lipinski definition) is 4. The Bertz CT molecular complexity index is 593. The minimum atomic E-state index is -1.09. The summed E-state index contributed by atoms with van der Waals surface area (Å²) in [5.41, 5.74) is -0.318. The minimum Gasteiger partial charge on any atom is -0.508 e. The van der Waals surface area contributed by atoms with E-state index in [0.717, 1.165) is 15.8 Å². The van der Waals surface area contributed by atoms with Gasteiger partial charge < -0.3 is 19.9 Å². The van der Waals surface area contributed by atoms with Gasteiger partial charge in [-0.2, -0.15) is 0 Å². The van der Waals surface area contributed by atoms with E-state index in [1.165, 1.54) is 0 Å². The number of halogens is 1. The lowest BCUT2D eigenvalue weighted by atomic mass is 10.0. The van der Waals surface area contributed by atoms with E-state index in [2.05, 4.69) is 21.2 Å². The average Bonchev–Trinajstić information content (AvgIpc) is 2.81. The van der Waals surface area contributed by atoms with Crippen LogP contribution in [0.3, 0.4) is 0 Å². The number of benzene rings is 1. The third kappa shape index (κ3) is 3.62. The lowest BCUT2D eigenvalue weighted by Gasteiger charge is -2.21. The van der Waals surface area contributed by atoms with E-state index in [1.54, 1.807) is 25.1 Å². The van der Waals surface area contributed by atoms with Crippen molar-refractivity contribution in [1.82, 2.24) is 5.32 Å². The quantitative estimate of drug-likeness (QED) is 0.783. The topological polar surface area (TPSA) is 65.6 Å². The first-order valence-electron chi connectivity index (χ1n) is 6.36. The van der Waals surface area contributed by atoms with Crippen molar-refractivity contribution in [2.24, 2.45) is 0 Å². The van der Waals surface area contributed by atoms with Crippen molar-refractivity contribution in [3.63, 3.8) is 0 Å². The summed E-state index contributed by atoms with van der Waals surface area (Å²) < 4.78 is 6.35. The number of furan rings is 1. The van der Waals surface area contributed by atoms with Crippen LogP contribution in [0.15, 0.2) is 39.2 Å².